The molecule has 3 N–H and O–H groups in total. The van der Waals surface area contributed by atoms with Crippen LogP contribution in [0.1, 0.15) is 20.0 Å². The number of carbonyl (C=O) groups is 2. The molecule has 2 aromatic carbocycles. The summed E-state index contributed by atoms with van der Waals surface area (Å²) in [7, 11) is -0.968. The van der Waals surface area contributed by atoms with Crippen molar-refractivity contribution in [2.75, 3.05) is 23.8 Å². The molecular weight excluding hydrogens is 428 g/mol. The Morgan fingerprint density at radius 2 is 1.87 bits per heavy atom. The molecule has 9 nitrogen and oxygen atoms in total. The Kier molecular flexibility index (Phi) is 6.04. The van der Waals surface area contributed by atoms with E-state index in [1.165, 1.54) is 44.6 Å². The minimum absolute atomic E-state index is 0.0505. The highest BCUT2D eigenvalue weighted by Crippen LogP contribution is 2.25. The number of anilines is 2. The van der Waals surface area contributed by atoms with Gasteiger partial charge < -0.3 is 10.5 Å². The number of sulfonamides is 1. The van der Waals surface area contributed by atoms with Crippen LogP contribution in [0.2, 0.25) is 0 Å². The zero-order chi connectivity index (χ0) is 21.9. The zero-order valence-corrected chi connectivity index (χ0v) is 17.7. The number of nitrogens with zero attached hydrogens (tertiary/aromatic N) is 2. The molecule has 0 saturated carbocycles. The van der Waals surface area contributed by atoms with E-state index < -0.39 is 21.8 Å². The Morgan fingerprint density at radius 3 is 2.47 bits per heavy atom. The third-order valence-electron chi connectivity index (χ3n) is 4.16. The van der Waals surface area contributed by atoms with E-state index in [9.17, 15) is 18.0 Å². The normalized spacial score (nSPS) is 11.0. The number of aromatic nitrogens is 1. The van der Waals surface area contributed by atoms with E-state index in [0.717, 1.165) is 15.6 Å². The van der Waals surface area contributed by atoms with Gasteiger partial charge in [0.25, 0.3) is 21.8 Å². The summed E-state index contributed by atoms with van der Waals surface area (Å²) in [6, 6.07) is 12.2. The van der Waals surface area contributed by atoms with E-state index in [2.05, 4.69) is 10.3 Å². The maximum Gasteiger partial charge on any atom is 0.264 e. The number of primary amides is 1. The largest absolute Gasteiger partial charge is 0.497 e. The highest BCUT2D eigenvalue weighted by molar-refractivity contribution is 7.92. The minimum Gasteiger partial charge on any atom is -0.497 e. The first-order valence-electron chi connectivity index (χ1n) is 8.52. The Hall–Kier alpha value is -3.44. The van der Waals surface area contributed by atoms with Crippen LogP contribution in [0.3, 0.4) is 0 Å². The smallest absolute Gasteiger partial charge is 0.264 e. The number of hydrogen-bond acceptors (Lipinski definition) is 7. The van der Waals surface area contributed by atoms with Crippen molar-refractivity contribution in [2.24, 2.45) is 5.73 Å². The van der Waals surface area contributed by atoms with Crippen molar-refractivity contribution in [2.45, 2.75) is 4.90 Å². The molecule has 0 aliphatic rings. The molecule has 0 unspecified atom stereocenters. The molecule has 0 radical (unpaired) electrons. The highest BCUT2D eigenvalue weighted by atomic mass is 32.2. The van der Waals surface area contributed by atoms with E-state index in [4.69, 9.17) is 10.5 Å². The van der Waals surface area contributed by atoms with Crippen LogP contribution < -0.4 is 20.1 Å². The third kappa shape index (κ3) is 4.42. The molecular formula is C19H18N4O5S2. The van der Waals surface area contributed by atoms with Crippen LogP contribution in [0, 0.1) is 0 Å². The number of methoxy groups -OCH3 is 1. The van der Waals surface area contributed by atoms with Crippen molar-refractivity contribution >= 4 is 44.0 Å². The summed E-state index contributed by atoms with van der Waals surface area (Å²) in [4.78, 5) is 27.7. The zero-order valence-electron chi connectivity index (χ0n) is 16.0. The molecule has 0 saturated heterocycles. The fourth-order valence-electron chi connectivity index (χ4n) is 2.50. The molecule has 0 atom stereocenters. The Balaban J connectivity index is 1.83. The van der Waals surface area contributed by atoms with Gasteiger partial charge in [-0.2, -0.15) is 0 Å². The summed E-state index contributed by atoms with van der Waals surface area (Å²) < 4.78 is 32.2. The number of carbonyl (C=O) groups excluding carboxylic acids is 2. The number of thiazole rings is 1. The third-order valence-corrected chi connectivity index (χ3v) is 6.87. The van der Waals surface area contributed by atoms with Crippen molar-refractivity contribution in [3.8, 4) is 5.75 Å². The summed E-state index contributed by atoms with van der Waals surface area (Å²) >= 11 is 0.925. The fraction of sp³-hybridized carbons (Fsp3) is 0.105. The van der Waals surface area contributed by atoms with Crippen LogP contribution >= 0.6 is 11.3 Å². The molecule has 3 aromatic rings. The van der Waals surface area contributed by atoms with Crippen molar-refractivity contribution in [3.05, 3.63) is 65.2 Å². The van der Waals surface area contributed by atoms with Crippen molar-refractivity contribution in [1.29, 1.82) is 0 Å². The molecule has 11 heteroatoms. The molecule has 1 aromatic heterocycles. The van der Waals surface area contributed by atoms with Crippen LogP contribution in [-0.2, 0) is 10.0 Å². The maximum absolute atomic E-state index is 13.0. The van der Waals surface area contributed by atoms with E-state index >= 15 is 0 Å². The van der Waals surface area contributed by atoms with Crippen LogP contribution in [0.5, 0.6) is 5.75 Å². The summed E-state index contributed by atoms with van der Waals surface area (Å²) in [5.41, 5.74) is 5.73. The summed E-state index contributed by atoms with van der Waals surface area (Å²) in [5, 5.41) is 2.70. The van der Waals surface area contributed by atoms with Gasteiger partial charge in [0, 0.05) is 12.6 Å². The number of nitrogens with one attached hydrogen (secondary N) is 1. The Morgan fingerprint density at radius 1 is 1.17 bits per heavy atom. The molecule has 3 rings (SSSR count). The van der Waals surface area contributed by atoms with Gasteiger partial charge in [0.2, 0.25) is 0 Å². The SMILES string of the molecule is COc1ccc(N(C)S(=O)(=O)c2cccc(C(=O)Nc3ncc(C(N)=O)s3)c2)cc1. The number of amides is 2. The van der Waals surface area contributed by atoms with E-state index in [-0.39, 0.29) is 20.5 Å². The van der Waals surface area contributed by atoms with Crippen molar-refractivity contribution < 1.29 is 22.7 Å². The standard InChI is InChI=1S/C19H18N4O5S2/c1-23(13-6-8-14(28-2)9-7-13)30(26,27)15-5-3-4-12(10-15)18(25)22-19-21-11-16(29-19)17(20)24/h3-11H,1-2H3,(H2,20,24)(H,21,22,25). The highest BCUT2D eigenvalue weighted by Gasteiger charge is 2.23. The topological polar surface area (TPSA) is 132 Å². The summed E-state index contributed by atoms with van der Waals surface area (Å²) in [6.07, 6.45) is 1.26. The molecule has 2 amide bonds. The average Bonchev–Trinajstić information content (AvgIpc) is 3.22. The molecule has 1 heterocycles. The second-order valence-corrected chi connectivity index (χ2v) is 9.05. The lowest BCUT2D eigenvalue weighted by molar-refractivity contribution is 0.100. The quantitative estimate of drug-likeness (QED) is 0.572. The molecule has 30 heavy (non-hydrogen) atoms. The monoisotopic (exact) mass is 446 g/mol. The van der Waals surface area contributed by atoms with Gasteiger partial charge in [0.15, 0.2) is 5.13 Å². The lowest BCUT2D eigenvalue weighted by atomic mass is 10.2. The second kappa shape index (κ2) is 8.51. The first kappa shape index (κ1) is 21.3. The molecule has 0 spiro atoms. The van der Waals surface area contributed by atoms with Gasteiger partial charge in [-0.05, 0) is 42.5 Å². The lowest BCUT2D eigenvalue weighted by Crippen LogP contribution is -2.26. The molecule has 156 valence electrons. The van der Waals surface area contributed by atoms with E-state index in [0.29, 0.717) is 11.4 Å². The number of rotatable bonds is 7. The van der Waals surface area contributed by atoms with Gasteiger partial charge >= 0.3 is 0 Å². The number of nitrogens with two attached hydrogens (primary N) is 1. The molecule has 0 aliphatic carbocycles. The average molecular weight is 447 g/mol. The van der Waals surface area contributed by atoms with Gasteiger partial charge in [-0.15, -0.1) is 0 Å². The van der Waals surface area contributed by atoms with Crippen LogP contribution in [0.4, 0.5) is 10.8 Å². The van der Waals surface area contributed by atoms with E-state index in [1.807, 2.05) is 0 Å². The second-order valence-electron chi connectivity index (χ2n) is 6.05. The number of benzene rings is 2. The Labute approximate surface area is 177 Å². The summed E-state index contributed by atoms with van der Waals surface area (Å²) in [6.45, 7) is 0. The van der Waals surface area contributed by atoms with Crippen molar-refractivity contribution in [1.82, 2.24) is 4.98 Å². The van der Waals surface area contributed by atoms with E-state index in [1.54, 1.807) is 24.3 Å². The van der Waals surface area contributed by atoms with Gasteiger partial charge in [-0.1, -0.05) is 17.4 Å². The van der Waals surface area contributed by atoms with Gasteiger partial charge in [-0.25, -0.2) is 13.4 Å². The van der Waals surface area contributed by atoms with Gasteiger partial charge in [0.05, 0.1) is 23.9 Å². The summed E-state index contributed by atoms with van der Waals surface area (Å²) in [5.74, 6) is -0.614. The van der Waals surface area contributed by atoms with Crippen LogP contribution in [-0.4, -0.2) is 39.4 Å². The number of ether oxygens (including phenoxy) is 1. The van der Waals surface area contributed by atoms with Gasteiger partial charge in [-0.3, -0.25) is 19.2 Å². The maximum atomic E-state index is 13.0. The minimum atomic E-state index is -3.91. The van der Waals surface area contributed by atoms with Crippen LogP contribution in [0.15, 0.2) is 59.6 Å². The van der Waals surface area contributed by atoms with Gasteiger partial charge in [0.1, 0.15) is 10.6 Å². The lowest BCUT2D eigenvalue weighted by Gasteiger charge is -2.20. The fourth-order valence-corrected chi connectivity index (χ4v) is 4.41. The predicted molar refractivity (Wildman–Crippen MR) is 114 cm³/mol. The molecule has 0 aliphatic heterocycles. The first-order chi connectivity index (χ1) is 14.2. The first-order valence-corrected chi connectivity index (χ1v) is 10.8. The van der Waals surface area contributed by atoms with Crippen molar-refractivity contribution in [3.63, 3.8) is 0 Å². The number of hydrogen-bond donors (Lipinski definition) is 2. The van der Waals surface area contributed by atoms with Crippen LogP contribution in [0.25, 0.3) is 0 Å². The molecule has 0 bridgehead atoms. The predicted octanol–water partition coefficient (Wildman–Crippen LogP) is 2.33. The Bertz CT molecular complexity index is 1190. The molecule has 0 fully saturated rings.